The molecule has 1 saturated heterocycles. The van der Waals surface area contributed by atoms with Gasteiger partial charge in [0.2, 0.25) is 0 Å². The largest absolute Gasteiger partial charge is 0.338 e. The van der Waals surface area contributed by atoms with Crippen LogP contribution < -0.4 is 5.32 Å². The number of thiophene rings is 1. The second-order valence-corrected chi connectivity index (χ2v) is 8.29. The van der Waals surface area contributed by atoms with Crippen LogP contribution in [0.3, 0.4) is 0 Å². The highest BCUT2D eigenvalue weighted by Crippen LogP contribution is 2.26. The molecule has 1 fully saturated rings. The third-order valence-corrected chi connectivity index (χ3v) is 6.62. The molecule has 0 unspecified atom stereocenters. The lowest BCUT2D eigenvalue weighted by molar-refractivity contribution is 0.177. The lowest BCUT2D eigenvalue weighted by atomic mass is 9.96. The second kappa shape index (κ2) is 7.80. The third kappa shape index (κ3) is 3.78. The van der Waals surface area contributed by atoms with Gasteiger partial charge in [-0.2, -0.15) is 0 Å². The molecular weight excluding hydrogens is 346 g/mol. The second-order valence-electron chi connectivity index (χ2n) is 7.28. The van der Waals surface area contributed by atoms with Crippen molar-refractivity contribution in [2.45, 2.75) is 31.7 Å². The highest BCUT2D eigenvalue weighted by Gasteiger charge is 2.26. The minimum Gasteiger partial charge on any atom is -0.338 e. The van der Waals surface area contributed by atoms with E-state index in [1.54, 1.807) is 0 Å². The number of carbonyl (C=O) groups excluding carboxylic acids is 1. The maximum absolute atomic E-state index is 12.4. The van der Waals surface area contributed by atoms with Crippen molar-refractivity contribution in [3.8, 4) is 0 Å². The van der Waals surface area contributed by atoms with Crippen molar-refractivity contribution in [3.63, 3.8) is 0 Å². The molecule has 2 amide bonds. The van der Waals surface area contributed by atoms with Crippen molar-refractivity contribution in [1.29, 1.82) is 0 Å². The Labute approximate surface area is 158 Å². The first-order valence-electron chi connectivity index (χ1n) is 9.48. The topological polar surface area (TPSA) is 53.4 Å². The van der Waals surface area contributed by atoms with E-state index < -0.39 is 0 Å². The van der Waals surface area contributed by atoms with Gasteiger partial charge in [-0.05, 0) is 36.3 Å². The average Bonchev–Trinajstić information content (AvgIpc) is 3.30. The summed E-state index contributed by atoms with van der Waals surface area (Å²) in [5, 5.41) is 5.29. The molecule has 4 rings (SSSR count). The fraction of sp³-hybridized carbons (Fsp3) is 0.579. The number of hydrogen-bond acceptors (Lipinski definition) is 4. The summed E-state index contributed by atoms with van der Waals surface area (Å²) in [5.74, 6) is 1.61. The molecule has 4 heterocycles. The Morgan fingerprint density at radius 2 is 2.19 bits per heavy atom. The number of rotatable bonds is 4. The zero-order valence-corrected chi connectivity index (χ0v) is 16.2. The van der Waals surface area contributed by atoms with E-state index >= 15 is 0 Å². The molecule has 0 radical (unpaired) electrons. The molecule has 0 atom stereocenters. The van der Waals surface area contributed by atoms with Crippen LogP contribution in [0.15, 0.2) is 23.8 Å². The van der Waals surface area contributed by atoms with Crippen LogP contribution in [0.1, 0.15) is 35.0 Å². The molecule has 0 aliphatic carbocycles. The first-order chi connectivity index (χ1) is 12.7. The van der Waals surface area contributed by atoms with E-state index in [0.717, 1.165) is 64.4 Å². The van der Waals surface area contributed by atoms with Crippen LogP contribution in [0.5, 0.6) is 0 Å². The predicted molar refractivity (Wildman–Crippen MR) is 103 cm³/mol. The van der Waals surface area contributed by atoms with E-state index in [-0.39, 0.29) is 6.03 Å². The minimum absolute atomic E-state index is 0.0801. The van der Waals surface area contributed by atoms with Crippen molar-refractivity contribution >= 4 is 17.4 Å². The van der Waals surface area contributed by atoms with Crippen molar-refractivity contribution in [2.75, 3.05) is 32.7 Å². The van der Waals surface area contributed by atoms with Gasteiger partial charge in [-0.1, -0.05) is 0 Å². The molecule has 2 aliphatic rings. The normalized spacial score (nSPS) is 18.7. The SMILES string of the molecule is Cn1ccnc1C1CCN(C(=O)NCCN2CCc3sccc3C2)CC1. The van der Waals surface area contributed by atoms with Crippen LogP contribution in [0.2, 0.25) is 0 Å². The highest BCUT2D eigenvalue weighted by atomic mass is 32.1. The van der Waals surface area contributed by atoms with Gasteiger partial charge in [0.05, 0.1) is 0 Å². The van der Waals surface area contributed by atoms with Gasteiger partial charge in [0.25, 0.3) is 0 Å². The van der Waals surface area contributed by atoms with Crippen LogP contribution in [-0.2, 0) is 20.0 Å². The van der Waals surface area contributed by atoms with Crippen LogP contribution in [0.4, 0.5) is 4.79 Å². The van der Waals surface area contributed by atoms with Gasteiger partial charge in [0.1, 0.15) is 5.82 Å². The monoisotopic (exact) mass is 373 g/mol. The van der Waals surface area contributed by atoms with E-state index in [4.69, 9.17) is 0 Å². The number of aromatic nitrogens is 2. The van der Waals surface area contributed by atoms with Crippen molar-refractivity contribution < 1.29 is 4.79 Å². The summed E-state index contributed by atoms with van der Waals surface area (Å²) in [4.78, 5) is 22.8. The summed E-state index contributed by atoms with van der Waals surface area (Å²) in [5.41, 5.74) is 1.46. The molecule has 1 N–H and O–H groups in total. The maximum Gasteiger partial charge on any atom is 0.317 e. The lowest BCUT2D eigenvalue weighted by Gasteiger charge is -2.32. The number of piperidine rings is 1. The number of likely N-dealkylation sites (tertiary alicyclic amines) is 1. The molecule has 0 bridgehead atoms. The van der Waals surface area contributed by atoms with Crippen molar-refractivity contribution in [3.05, 3.63) is 40.1 Å². The predicted octanol–water partition coefficient (Wildman–Crippen LogP) is 2.43. The Kier molecular flexibility index (Phi) is 5.26. The molecule has 0 aromatic carbocycles. The maximum atomic E-state index is 12.4. The first-order valence-corrected chi connectivity index (χ1v) is 10.4. The summed E-state index contributed by atoms with van der Waals surface area (Å²) in [6.45, 7) is 5.38. The Bertz CT molecular complexity index is 747. The van der Waals surface area contributed by atoms with E-state index in [1.165, 1.54) is 10.4 Å². The fourth-order valence-corrected chi connectivity index (χ4v) is 4.93. The molecule has 26 heavy (non-hydrogen) atoms. The van der Waals surface area contributed by atoms with Crippen LogP contribution in [0.25, 0.3) is 0 Å². The number of hydrogen-bond donors (Lipinski definition) is 1. The van der Waals surface area contributed by atoms with Gasteiger partial charge in [0, 0.05) is 69.5 Å². The van der Waals surface area contributed by atoms with Crippen LogP contribution in [-0.4, -0.2) is 58.1 Å². The smallest absolute Gasteiger partial charge is 0.317 e. The number of aryl methyl sites for hydroxylation is 1. The zero-order chi connectivity index (χ0) is 17.9. The lowest BCUT2D eigenvalue weighted by Crippen LogP contribution is -2.46. The number of nitrogens with zero attached hydrogens (tertiary/aromatic N) is 4. The van der Waals surface area contributed by atoms with E-state index in [9.17, 15) is 4.79 Å². The quantitative estimate of drug-likeness (QED) is 0.896. The number of fused-ring (bicyclic) bond motifs is 1. The number of nitrogens with one attached hydrogen (secondary N) is 1. The summed E-state index contributed by atoms with van der Waals surface area (Å²) >= 11 is 1.87. The van der Waals surface area contributed by atoms with Crippen molar-refractivity contribution in [1.82, 2.24) is 24.7 Å². The summed E-state index contributed by atoms with van der Waals surface area (Å²) in [7, 11) is 2.04. The van der Waals surface area contributed by atoms with E-state index in [0.29, 0.717) is 5.92 Å². The summed E-state index contributed by atoms with van der Waals surface area (Å²) in [6.07, 6.45) is 6.97. The van der Waals surface area contributed by atoms with Crippen LogP contribution in [0, 0.1) is 0 Å². The van der Waals surface area contributed by atoms with E-state index in [1.807, 2.05) is 35.7 Å². The molecule has 2 aromatic heterocycles. The van der Waals surface area contributed by atoms with Gasteiger partial charge in [-0.15, -0.1) is 11.3 Å². The Morgan fingerprint density at radius 1 is 1.35 bits per heavy atom. The molecule has 2 aromatic rings. The third-order valence-electron chi connectivity index (χ3n) is 5.60. The number of imidazole rings is 1. The molecule has 0 saturated carbocycles. The molecule has 0 spiro atoms. The van der Waals surface area contributed by atoms with Crippen molar-refractivity contribution in [2.24, 2.45) is 7.05 Å². The minimum atomic E-state index is 0.0801. The van der Waals surface area contributed by atoms with Gasteiger partial charge in [-0.3, -0.25) is 4.90 Å². The molecule has 7 heteroatoms. The van der Waals surface area contributed by atoms with E-state index in [2.05, 4.69) is 31.2 Å². The van der Waals surface area contributed by atoms with Gasteiger partial charge in [0.15, 0.2) is 0 Å². The Balaban J connectivity index is 1.18. The van der Waals surface area contributed by atoms with Gasteiger partial charge < -0.3 is 14.8 Å². The molecule has 140 valence electrons. The number of carbonyl (C=O) groups is 1. The zero-order valence-electron chi connectivity index (χ0n) is 15.4. The molecule has 6 nitrogen and oxygen atoms in total. The highest BCUT2D eigenvalue weighted by molar-refractivity contribution is 7.10. The molecular formula is C19H27N5OS. The van der Waals surface area contributed by atoms with Gasteiger partial charge >= 0.3 is 6.03 Å². The number of urea groups is 1. The number of amides is 2. The standard InChI is InChI=1S/C19H27N5OS/c1-22-11-6-20-18(22)15-2-9-24(10-3-15)19(25)21-7-12-23-8-4-17-16(14-23)5-13-26-17/h5-6,11,13,15H,2-4,7-10,12,14H2,1H3,(H,21,25). The fourth-order valence-electron chi connectivity index (χ4n) is 4.04. The average molecular weight is 374 g/mol. The Hall–Kier alpha value is -1.86. The van der Waals surface area contributed by atoms with Crippen LogP contribution >= 0.6 is 11.3 Å². The summed E-state index contributed by atoms with van der Waals surface area (Å²) in [6, 6.07) is 2.31. The first kappa shape index (κ1) is 17.5. The molecule has 2 aliphatic heterocycles. The Morgan fingerprint density at radius 3 is 2.96 bits per heavy atom. The van der Waals surface area contributed by atoms with Gasteiger partial charge in [-0.25, -0.2) is 9.78 Å². The summed E-state index contributed by atoms with van der Waals surface area (Å²) < 4.78 is 2.10.